The van der Waals surface area contributed by atoms with Crippen molar-refractivity contribution in [2.24, 2.45) is 0 Å². The molecule has 0 spiro atoms. The normalized spacial score (nSPS) is 36.0. The van der Waals surface area contributed by atoms with Gasteiger partial charge in [0.1, 0.15) is 0 Å². The predicted molar refractivity (Wildman–Crippen MR) is 61.2 cm³/mol. The maximum atomic E-state index is 9.33. The van der Waals surface area contributed by atoms with Gasteiger partial charge in [0.25, 0.3) is 0 Å². The maximum absolute atomic E-state index is 9.33. The molecule has 0 amide bonds. The van der Waals surface area contributed by atoms with Gasteiger partial charge in [0, 0.05) is 6.42 Å². The van der Waals surface area contributed by atoms with Crippen molar-refractivity contribution in [2.75, 3.05) is 0 Å². The van der Waals surface area contributed by atoms with E-state index in [0.29, 0.717) is 6.42 Å². The standard InChI is InChI=1S/C12H24O4/c1-7(14-9(3)8(2)13)6-12-15-10(4)11(5)16-12/h7-13H,6H2,1-5H3. The lowest BCUT2D eigenvalue weighted by atomic mass is 10.2. The zero-order valence-corrected chi connectivity index (χ0v) is 10.8. The number of aliphatic hydroxyl groups is 1. The molecule has 0 aromatic rings. The smallest absolute Gasteiger partial charge is 0.161 e. The Labute approximate surface area is 97.9 Å². The summed E-state index contributed by atoms with van der Waals surface area (Å²) in [5.74, 6) is 0. The zero-order valence-electron chi connectivity index (χ0n) is 10.8. The van der Waals surface area contributed by atoms with E-state index >= 15 is 0 Å². The molecular weight excluding hydrogens is 208 g/mol. The first-order valence-corrected chi connectivity index (χ1v) is 6.04. The zero-order chi connectivity index (χ0) is 12.3. The molecule has 5 atom stereocenters. The second-order valence-corrected chi connectivity index (χ2v) is 4.74. The third-order valence-electron chi connectivity index (χ3n) is 3.04. The fourth-order valence-corrected chi connectivity index (χ4v) is 1.65. The van der Waals surface area contributed by atoms with Crippen LogP contribution in [0.5, 0.6) is 0 Å². The first-order valence-electron chi connectivity index (χ1n) is 6.04. The van der Waals surface area contributed by atoms with Crippen LogP contribution in [0.4, 0.5) is 0 Å². The minimum absolute atomic E-state index is 0.0205. The fraction of sp³-hybridized carbons (Fsp3) is 1.00. The lowest BCUT2D eigenvalue weighted by Crippen LogP contribution is -2.29. The van der Waals surface area contributed by atoms with Gasteiger partial charge in [-0.3, -0.25) is 0 Å². The van der Waals surface area contributed by atoms with E-state index in [2.05, 4.69) is 0 Å². The van der Waals surface area contributed by atoms with Crippen molar-refractivity contribution in [1.82, 2.24) is 0 Å². The maximum Gasteiger partial charge on any atom is 0.161 e. The van der Waals surface area contributed by atoms with Crippen LogP contribution < -0.4 is 0 Å². The largest absolute Gasteiger partial charge is 0.391 e. The summed E-state index contributed by atoms with van der Waals surface area (Å²) in [4.78, 5) is 0. The van der Waals surface area contributed by atoms with Crippen molar-refractivity contribution in [3.8, 4) is 0 Å². The highest BCUT2D eigenvalue weighted by Crippen LogP contribution is 2.22. The van der Waals surface area contributed by atoms with Crippen LogP contribution in [-0.2, 0) is 14.2 Å². The molecule has 1 aliphatic rings. The van der Waals surface area contributed by atoms with Gasteiger partial charge in [0.05, 0.1) is 30.5 Å². The SMILES string of the molecule is CC(CC1OC(C)C(C)O1)OC(C)C(C)O. The lowest BCUT2D eigenvalue weighted by Gasteiger charge is -2.23. The molecule has 1 rings (SSSR count). The summed E-state index contributed by atoms with van der Waals surface area (Å²) in [6, 6.07) is 0. The molecule has 5 unspecified atom stereocenters. The molecule has 0 bridgehead atoms. The number of rotatable bonds is 5. The molecule has 96 valence electrons. The van der Waals surface area contributed by atoms with E-state index in [1.165, 1.54) is 0 Å². The highest BCUT2D eigenvalue weighted by Gasteiger charge is 2.31. The molecule has 1 aliphatic heterocycles. The van der Waals surface area contributed by atoms with E-state index in [0.717, 1.165) is 0 Å². The third kappa shape index (κ3) is 4.01. The Hall–Kier alpha value is -0.160. The second-order valence-electron chi connectivity index (χ2n) is 4.74. The van der Waals surface area contributed by atoms with Crippen molar-refractivity contribution in [3.63, 3.8) is 0 Å². The number of ether oxygens (including phenoxy) is 3. The van der Waals surface area contributed by atoms with Crippen LogP contribution in [0, 0.1) is 0 Å². The van der Waals surface area contributed by atoms with Crippen LogP contribution in [0.1, 0.15) is 41.0 Å². The molecule has 1 heterocycles. The number of hydrogen-bond donors (Lipinski definition) is 1. The molecule has 1 saturated heterocycles. The van der Waals surface area contributed by atoms with Gasteiger partial charge in [-0.15, -0.1) is 0 Å². The Bertz CT molecular complexity index is 197. The molecule has 0 aromatic carbocycles. The molecule has 0 radical (unpaired) electrons. The molecule has 4 nitrogen and oxygen atoms in total. The van der Waals surface area contributed by atoms with Gasteiger partial charge in [0.15, 0.2) is 6.29 Å². The van der Waals surface area contributed by atoms with Crippen molar-refractivity contribution in [2.45, 2.75) is 77.8 Å². The third-order valence-corrected chi connectivity index (χ3v) is 3.04. The van der Waals surface area contributed by atoms with Crippen LogP contribution in [0.2, 0.25) is 0 Å². The molecule has 16 heavy (non-hydrogen) atoms. The molecular formula is C12H24O4. The van der Waals surface area contributed by atoms with E-state index in [9.17, 15) is 5.11 Å². The Balaban J connectivity index is 2.27. The Morgan fingerprint density at radius 3 is 2.06 bits per heavy atom. The van der Waals surface area contributed by atoms with Gasteiger partial charge in [-0.1, -0.05) is 0 Å². The van der Waals surface area contributed by atoms with Crippen LogP contribution in [0.25, 0.3) is 0 Å². The van der Waals surface area contributed by atoms with Crippen LogP contribution >= 0.6 is 0 Å². The molecule has 0 saturated carbocycles. The Morgan fingerprint density at radius 1 is 1.12 bits per heavy atom. The minimum Gasteiger partial charge on any atom is -0.391 e. The Morgan fingerprint density at radius 2 is 1.62 bits per heavy atom. The summed E-state index contributed by atoms with van der Waals surface area (Å²) in [5.41, 5.74) is 0. The Kier molecular flexibility index (Phi) is 5.18. The minimum atomic E-state index is -0.453. The van der Waals surface area contributed by atoms with E-state index in [1.54, 1.807) is 6.92 Å². The van der Waals surface area contributed by atoms with Crippen molar-refractivity contribution >= 4 is 0 Å². The molecule has 1 N–H and O–H groups in total. The predicted octanol–water partition coefficient (Wildman–Crippen LogP) is 1.70. The summed E-state index contributed by atoms with van der Waals surface area (Å²) in [6.45, 7) is 9.58. The quantitative estimate of drug-likeness (QED) is 0.783. The summed E-state index contributed by atoms with van der Waals surface area (Å²) in [6.07, 6.45) is 0.217. The second kappa shape index (κ2) is 5.96. The fourth-order valence-electron chi connectivity index (χ4n) is 1.65. The summed E-state index contributed by atoms with van der Waals surface area (Å²) in [7, 11) is 0. The summed E-state index contributed by atoms with van der Waals surface area (Å²) < 4.78 is 16.9. The molecule has 0 aromatic heterocycles. The molecule has 0 aliphatic carbocycles. The highest BCUT2D eigenvalue weighted by atomic mass is 16.7. The van der Waals surface area contributed by atoms with Crippen molar-refractivity contribution in [3.05, 3.63) is 0 Å². The highest BCUT2D eigenvalue weighted by molar-refractivity contribution is 4.71. The van der Waals surface area contributed by atoms with Crippen molar-refractivity contribution in [1.29, 1.82) is 0 Å². The van der Waals surface area contributed by atoms with Crippen LogP contribution in [0.3, 0.4) is 0 Å². The van der Waals surface area contributed by atoms with Crippen molar-refractivity contribution < 1.29 is 19.3 Å². The monoisotopic (exact) mass is 232 g/mol. The van der Waals surface area contributed by atoms with Gasteiger partial charge < -0.3 is 19.3 Å². The molecule has 4 heteroatoms. The van der Waals surface area contributed by atoms with Gasteiger partial charge in [-0.25, -0.2) is 0 Å². The summed E-state index contributed by atoms with van der Waals surface area (Å²) in [5, 5.41) is 9.33. The van der Waals surface area contributed by atoms with Gasteiger partial charge in [0.2, 0.25) is 0 Å². The molecule has 1 fully saturated rings. The first kappa shape index (κ1) is 13.9. The number of hydrogen-bond acceptors (Lipinski definition) is 4. The van der Waals surface area contributed by atoms with Gasteiger partial charge in [-0.2, -0.15) is 0 Å². The van der Waals surface area contributed by atoms with E-state index in [4.69, 9.17) is 14.2 Å². The lowest BCUT2D eigenvalue weighted by molar-refractivity contribution is -0.118. The van der Waals surface area contributed by atoms with Gasteiger partial charge in [-0.05, 0) is 34.6 Å². The van der Waals surface area contributed by atoms with Crippen LogP contribution in [0.15, 0.2) is 0 Å². The topological polar surface area (TPSA) is 47.9 Å². The van der Waals surface area contributed by atoms with E-state index < -0.39 is 6.10 Å². The summed E-state index contributed by atoms with van der Waals surface area (Å²) >= 11 is 0. The van der Waals surface area contributed by atoms with E-state index in [1.807, 2.05) is 27.7 Å². The van der Waals surface area contributed by atoms with Crippen LogP contribution in [-0.4, -0.2) is 41.9 Å². The first-order chi connectivity index (χ1) is 7.40. The average Bonchev–Trinajstić information content (AvgIpc) is 2.45. The number of aliphatic hydroxyl groups excluding tert-OH is 1. The van der Waals surface area contributed by atoms with E-state index in [-0.39, 0.29) is 30.7 Å². The average molecular weight is 232 g/mol. The van der Waals surface area contributed by atoms with Gasteiger partial charge >= 0.3 is 0 Å².